The van der Waals surface area contributed by atoms with E-state index in [0.29, 0.717) is 6.04 Å². The molecule has 0 spiro atoms. The lowest BCUT2D eigenvalue weighted by atomic mass is 10.0. The summed E-state index contributed by atoms with van der Waals surface area (Å²) in [6.45, 7) is 17.3. The van der Waals surface area contributed by atoms with Crippen molar-refractivity contribution in [3.05, 3.63) is 12.3 Å². The Hall–Kier alpha value is -0.500. The molecular formula is C11H22N2. The molecule has 1 fully saturated rings. The molecular weight excluding hydrogens is 160 g/mol. The van der Waals surface area contributed by atoms with E-state index in [-0.39, 0.29) is 11.2 Å². The minimum Gasteiger partial charge on any atom is -0.354 e. The monoisotopic (exact) mass is 182 g/mol. The summed E-state index contributed by atoms with van der Waals surface area (Å²) >= 11 is 0. The second-order valence-corrected chi connectivity index (χ2v) is 5.22. The van der Waals surface area contributed by atoms with Gasteiger partial charge in [0.15, 0.2) is 0 Å². The highest BCUT2D eigenvalue weighted by Crippen LogP contribution is 2.35. The molecule has 1 saturated heterocycles. The minimum atomic E-state index is 0.0216. The van der Waals surface area contributed by atoms with Crippen LogP contribution >= 0.6 is 0 Å². The summed E-state index contributed by atoms with van der Waals surface area (Å²) < 4.78 is 0. The molecule has 76 valence electrons. The number of hydrogen-bond donors (Lipinski definition) is 1. The van der Waals surface area contributed by atoms with Gasteiger partial charge < -0.3 is 4.90 Å². The fourth-order valence-corrected chi connectivity index (χ4v) is 2.49. The van der Waals surface area contributed by atoms with E-state index >= 15 is 0 Å². The first-order valence-electron chi connectivity index (χ1n) is 4.96. The zero-order chi connectivity index (χ0) is 10.4. The summed E-state index contributed by atoms with van der Waals surface area (Å²) in [6, 6.07) is 0.497. The van der Waals surface area contributed by atoms with E-state index in [1.54, 1.807) is 0 Å². The van der Waals surface area contributed by atoms with Gasteiger partial charge in [-0.3, -0.25) is 5.32 Å². The van der Waals surface area contributed by atoms with E-state index in [4.69, 9.17) is 0 Å². The van der Waals surface area contributed by atoms with Crippen LogP contribution in [0.3, 0.4) is 0 Å². The SMILES string of the molecule is C=C1N(C(C)C)C(C)(C)NC1(C)C. The van der Waals surface area contributed by atoms with Gasteiger partial charge in [-0.25, -0.2) is 0 Å². The van der Waals surface area contributed by atoms with E-state index < -0.39 is 0 Å². The Kier molecular flexibility index (Phi) is 2.23. The fraction of sp³-hybridized carbons (Fsp3) is 0.818. The third kappa shape index (κ3) is 1.60. The maximum atomic E-state index is 4.17. The Morgan fingerprint density at radius 2 is 1.69 bits per heavy atom. The number of nitrogens with zero attached hydrogens (tertiary/aromatic N) is 1. The molecule has 0 aliphatic carbocycles. The van der Waals surface area contributed by atoms with Crippen molar-refractivity contribution in [3.63, 3.8) is 0 Å². The largest absolute Gasteiger partial charge is 0.354 e. The molecule has 1 rings (SSSR count). The minimum absolute atomic E-state index is 0.0216. The first-order chi connectivity index (χ1) is 5.68. The Balaban J connectivity index is 3.02. The molecule has 0 radical (unpaired) electrons. The van der Waals surface area contributed by atoms with Crippen molar-refractivity contribution < 1.29 is 0 Å². The van der Waals surface area contributed by atoms with Crippen LogP contribution in [0.2, 0.25) is 0 Å². The highest BCUT2D eigenvalue weighted by Gasteiger charge is 2.45. The molecule has 0 bridgehead atoms. The van der Waals surface area contributed by atoms with E-state index in [0.717, 1.165) is 0 Å². The summed E-state index contributed by atoms with van der Waals surface area (Å²) in [6.07, 6.45) is 0. The molecule has 2 heteroatoms. The lowest BCUT2D eigenvalue weighted by molar-refractivity contribution is 0.145. The van der Waals surface area contributed by atoms with Crippen LogP contribution in [0.4, 0.5) is 0 Å². The van der Waals surface area contributed by atoms with Gasteiger partial charge in [0.05, 0.1) is 11.2 Å². The average molecular weight is 182 g/mol. The van der Waals surface area contributed by atoms with Crippen molar-refractivity contribution in [2.75, 3.05) is 0 Å². The molecule has 0 atom stereocenters. The predicted octanol–water partition coefficient (Wildman–Crippen LogP) is 2.33. The summed E-state index contributed by atoms with van der Waals surface area (Å²) in [5.74, 6) is 0. The third-order valence-corrected chi connectivity index (χ3v) is 2.75. The van der Waals surface area contributed by atoms with Gasteiger partial charge >= 0.3 is 0 Å². The Morgan fingerprint density at radius 1 is 1.23 bits per heavy atom. The Bertz CT molecular complexity index is 226. The van der Waals surface area contributed by atoms with Crippen molar-refractivity contribution in [2.24, 2.45) is 0 Å². The lowest BCUT2D eigenvalue weighted by Crippen LogP contribution is -2.50. The molecule has 0 amide bonds. The van der Waals surface area contributed by atoms with E-state index in [2.05, 4.69) is 58.3 Å². The van der Waals surface area contributed by atoms with Crippen LogP contribution in [-0.2, 0) is 0 Å². The van der Waals surface area contributed by atoms with Gasteiger partial charge in [0, 0.05) is 11.7 Å². The molecule has 1 aliphatic rings. The van der Waals surface area contributed by atoms with Gasteiger partial charge in [0.1, 0.15) is 0 Å². The van der Waals surface area contributed by atoms with Gasteiger partial charge in [-0.05, 0) is 41.5 Å². The Labute approximate surface area is 82.0 Å². The smallest absolute Gasteiger partial charge is 0.0858 e. The van der Waals surface area contributed by atoms with Crippen LogP contribution in [0.5, 0.6) is 0 Å². The standard InChI is InChI=1S/C11H22N2/c1-8(2)13-9(3)10(4,5)12-11(13,6)7/h8,12H,3H2,1-2,4-7H3. The highest BCUT2D eigenvalue weighted by atomic mass is 15.4. The van der Waals surface area contributed by atoms with Gasteiger partial charge in [-0.15, -0.1) is 0 Å². The summed E-state index contributed by atoms with van der Waals surface area (Å²) in [5.41, 5.74) is 1.23. The molecule has 0 aromatic rings. The van der Waals surface area contributed by atoms with Gasteiger partial charge in [0.2, 0.25) is 0 Å². The number of nitrogens with one attached hydrogen (secondary N) is 1. The van der Waals surface area contributed by atoms with Crippen LogP contribution in [0, 0.1) is 0 Å². The Morgan fingerprint density at radius 3 is 1.85 bits per heavy atom. The second kappa shape index (κ2) is 2.74. The normalized spacial score (nSPS) is 25.8. The second-order valence-electron chi connectivity index (χ2n) is 5.22. The van der Waals surface area contributed by atoms with Crippen LogP contribution in [0.25, 0.3) is 0 Å². The summed E-state index contributed by atoms with van der Waals surface area (Å²) in [4.78, 5) is 2.35. The first kappa shape index (κ1) is 10.6. The zero-order valence-corrected chi connectivity index (χ0v) is 9.73. The van der Waals surface area contributed by atoms with Crippen LogP contribution in [0.15, 0.2) is 12.3 Å². The third-order valence-electron chi connectivity index (χ3n) is 2.75. The molecule has 2 nitrogen and oxygen atoms in total. The van der Waals surface area contributed by atoms with Crippen molar-refractivity contribution in [1.29, 1.82) is 0 Å². The zero-order valence-electron chi connectivity index (χ0n) is 9.73. The van der Waals surface area contributed by atoms with Crippen molar-refractivity contribution in [2.45, 2.75) is 58.8 Å². The molecule has 0 aromatic carbocycles. The van der Waals surface area contributed by atoms with E-state index in [1.165, 1.54) is 5.70 Å². The quantitative estimate of drug-likeness (QED) is 0.669. The first-order valence-corrected chi connectivity index (χ1v) is 4.96. The maximum absolute atomic E-state index is 4.17. The molecule has 0 unspecified atom stereocenters. The van der Waals surface area contributed by atoms with Crippen LogP contribution in [0.1, 0.15) is 41.5 Å². The molecule has 1 heterocycles. The van der Waals surface area contributed by atoms with Gasteiger partial charge in [-0.1, -0.05) is 6.58 Å². The van der Waals surface area contributed by atoms with Crippen molar-refractivity contribution >= 4 is 0 Å². The van der Waals surface area contributed by atoms with E-state index in [9.17, 15) is 0 Å². The highest BCUT2D eigenvalue weighted by molar-refractivity contribution is 5.22. The molecule has 1 N–H and O–H groups in total. The lowest BCUT2D eigenvalue weighted by Gasteiger charge is -2.36. The predicted molar refractivity (Wildman–Crippen MR) is 57.4 cm³/mol. The maximum Gasteiger partial charge on any atom is 0.0858 e. The summed E-state index contributed by atoms with van der Waals surface area (Å²) in [5, 5.41) is 3.58. The van der Waals surface area contributed by atoms with Gasteiger partial charge in [-0.2, -0.15) is 0 Å². The number of hydrogen-bond acceptors (Lipinski definition) is 2. The van der Waals surface area contributed by atoms with Crippen molar-refractivity contribution in [3.8, 4) is 0 Å². The van der Waals surface area contributed by atoms with Crippen LogP contribution < -0.4 is 5.32 Å². The molecule has 13 heavy (non-hydrogen) atoms. The van der Waals surface area contributed by atoms with Crippen LogP contribution in [-0.4, -0.2) is 22.1 Å². The summed E-state index contributed by atoms with van der Waals surface area (Å²) in [7, 11) is 0. The molecule has 1 aliphatic heterocycles. The van der Waals surface area contributed by atoms with Crippen molar-refractivity contribution in [1.82, 2.24) is 10.2 Å². The average Bonchev–Trinajstić information content (AvgIpc) is 1.96. The molecule has 0 saturated carbocycles. The molecule has 0 aromatic heterocycles. The topological polar surface area (TPSA) is 15.3 Å². The van der Waals surface area contributed by atoms with E-state index in [1.807, 2.05) is 0 Å². The fourth-order valence-electron chi connectivity index (χ4n) is 2.49. The van der Waals surface area contributed by atoms with Gasteiger partial charge in [0.25, 0.3) is 0 Å². The number of rotatable bonds is 1.